The van der Waals surface area contributed by atoms with Crippen molar-refractivity contribution in [1.82, 2.24) is 16.2 Å². The number of thiocarbonyl (C=S) groups is 1. The van der Waals surface area contributed by atoms with Crippen molar-refractivity contribution in [1.29, 1.82) is 0 Å². The summed E-state index contributed by atoms with van der Waals surface area (Å²) in [6.45, 7) is 0.623. The number of benzene rings is 3. The molecule has 1 amide bonds. The maximum atomic E-state index is 12.6. The maximum absolute atomic E-state index is 12.6. The number of carbonyl (C=O) groups excluding carboxylic acids is 1. The van der Waals surface area contributed by atoms with Gasteiger partial charge in [-0.05, 0) is 60.6 Å². The smallest absolute Gasteiger partial charge is 0.269 e. The lowest BCUT2D eigenvalue weighted by molar-refractivity contribution is 0.0943. The average molecular weight is 440 g/mol. The van der Waals surface area contributed by atoms with Crippen molar-refractivity contribution in [3.63, 3.8) is 0 Å². The van der Waals surface area contributed by atoms with Crippen LogP contribution in [0.25, 0.3) is 0 Å². The van der Waals surface area contributed by atoms with Gasteiger partial charge in [0.25, 0.3) is 5.91 Å². The molecule has 0 unspecified atom stereocenters. The fraction of sp³-hybridized carbons (Fsp3) is 0.0909. The molecule has 3 N–H and O–H groups in total. The van der Waals surface area contributed by atoms with E-state index >= 15 is 0 Å². The van der Waals surface area contributed by atoms with E-state index in [1.54, 1.807) is 18.2 Å². The first-order valence-corrected chi connectivity index (χ1v) is 11.1. The molecule has 3 rings (SSSR count). The van der Waals surface area contributed by atoms with Gasteiger partial charge in [-0.25, -0.2) is 8.42 Å². The third-order valence-electron chi connectivity index (χ3n) is 4.31. The third-order valence-corrected chi connectivity index (χ3v) is 6.34. The summed E-state index contributed by atoms with van der Waals surface area (Å²) in [6, 6.07) is 23.8. The molecule has 0 aromatic heterocycles. The Morgan fingerprint density at radius 3 is 1.97 bits per heavy atom. The van der Waals surface area contributed by atoms with Gasteiger partial charge in [-0.3, -0.25) is 15.6 Å². The van der Waals surface area contributed by atoms with E-state index in [0.717, 1.165) is 6.42 Å². The Hall–Kier alpha value is -3.23. The SMILES string of the molecule is O=C(NNC(=S)NCCc1ccccc1)c1ccc(S(=O)(=O)c2ccccc2)cc1. The highest BCUT2D eigenvalue weighted by atomic mass is 32.2. The van der Waals surface area contributed by atoms with Gasteiger partial charge in [0.1, 0.15) is 0 Å². The summed E-state index contributed by atoms with van der Waals surface area (Å²) >= 11 is 5.15. The van der Waals surface area contributed by atoms with Crippen LogP contribution in [0, 0.1) is 0 Å². The van der Waals surface area contributed by atoms with Crippen molar-refractivity contribution in [2.24, 2.45) is 0 Å². The zero-order valence-corrected chi connectivity index (χ0v) is 17.7. The maximum Gasteiger partial charge on any atom is 0.269 e. The molecule has 0 bridgehead atoms. The van der Waals surface area contributed by atoms with Crippen LogP contribution in [0.3, 0.4) is 0 Å². The van der Waals surface area contributed by atoms with Crippen molar-refractivity contribution < 1.29 is 13.2 Å². The molecule has 0 saturated heterocycles. The molecular weight excluding hydrogens is 418 g/mol. The van der Waals surface area contributed by atoms with Crippen molar-refractivity contribution in [2.45, 2.75) is 16.2 Å². The minimum Gasteiger partial charge on any atom is -0.361 e. The van der Waals surface area contributed by atoms with Crippen LogP contribution in [0.5, 0.6) is 0 Å². The second-order valence-corrected chi connectivity index (χ2v) is 8.77. The van der Waals surface area contributed by atoms with E-state index in [1.807, 2.05) is 30.3 Å². The number of carbonyl (C=O) groups is 1. The summed E-state index contributed by atoms with van der Waals surface area (Å²) < 4.78 is 25.2. The van der Waals surface area contributed by atoms with Crippen LogP contribution in [-0.4, -0.2) is 26.0 Å². The number of hydrogen-bond acceptors (Lipinski definition) is 4. The molecule has 0 saturated carbocycles. The number of amides is 1. The first kappa shape index (κ1) is 21.5. The number of nitrogens with one attached hydrogen (secondary N) is 3. The summed E-state index contributed by atoms with van der Waals surface area (Å²) in [4.78, 5) is 12.6. The van der Waals surface area contributed by atoms with Crippen molar-refractivity contribution in [2.75, 3.05) is 6.54 Å². The molecule has 0 heterocycles. The lowest BCUT2D eigenvalue weighted by Crippen LogP contribution is -2.47. The van der Waals surface area contributed by atoms with E-state index in [1.165, 1.54) is 42.0 Å². The zero-order valence-electron chi connectivity index (χ0n) is 16.0. The van der Waals surface area contributed by atoms with E-state index in [0.29, 0.717) is 17.2 Å². The molecule has 0 aliphatic carbocycles. The Balaban J connectivity index is 1.50. The Morgan fingerprint density at radius 2 is 1.33 bits per heavy atom. The van der Waals surface area contributed by atoms with Gasteiger partial charge in [0.2, 0.25) is 9.84 Å². The predicted octanol–water partition coefficient (Wildman–Crippen LogP) is 2.87. The van der Waals surface area contributed by atoms with Gasteiger partial charge in [-0.2, -0.15) is 0 Å². The first-order valence-electron chi connectivity index (χ1n) is 9.25. The molecule has 0 fully saturated rings. The Labute approximate surface area is 181 Å². The molecule has 0 radical (unpaired) electrons. The Morgan fingerprint density at radius 1 is 0.767 bits per heavy atom. The standard InChI is InChI=1S/C22H21N3O3S2/c26-21(24-25-22(29)23-16-15-17-7-3-1-4-8-17)18-11-13-20(14-12-18)30(27,28)19-9-5-2-6-10-19/h1-14H,15-16H2,(H,24,26)(H2,23,25,29). The van der Waals surface area contributed by atoms with Crippen LogP contribution in [0.15, 0.2) is 94.7 Å². The lowest BCUT2D eigenvalue weighted by atomic mass is 10.1. The quantitative estimate of drug-likeness (QED) is 0.404. The summed E-state index contributed by atoms with van der Waals surface area (Å²) in [7, 11) is -3.62. The van der Waals surface area contributed by atoms with Gasteiger partial charge in [-0.1, -0.05) is 48.5 Å². The third kappa shape index (κ3) is 5.65. The highest BCUT2D eigenvalue weighted by molar-refractivity contribution is 7.91. The molecule has 0 atom stereocenters. The van der Waals surface area contributed by atoms with Gasteiger partial charge >= 0.3 is 0 Å². The van der Waals surface area contributed by atoms with Crippen molar-refractivity contribution in [3.05, 3.63) is 96.1 Å². The van der Waals surface area contributed by atoms with Crippen LogP contribution < -0.4 is 16.2 Å². The molecule has 6 nitrogen and oxygen atoms in total. The number of rotatable bonds is 6. The number of sulfone groups is 1. The van der Waals surface area contributed by atoms with Crippen molar-refractivity contribution >= 4 is 33.1 Å². The van der Waals surface area contributed by atoms with E-state index in [4.69, 9.17) is 12.2 Å². The Kier molecular flexibility index (Phi) is 7.16. The molecule has 154 valence electrons. The monoisotopic (exact) mass is 439 g/mol. The molecule has 3 aromatic carbocycles. The highest BCUT2D eigenvalue weighted by Gasteiger charge is 2.17. The molecule has 0 aliphatic heterocycles. The molecule has 8 heteroatoms. The minimum absolute atomic E-state index is 0.122. The Bertz CT molecular complexity index is 1100. The van der Waals surface area contributed by atoms with Gasteiger partial charge in [-0.15, -0.1) is 0 Å². The molecule has 0 spiro atoms. The van der Waals surface area contributed by atoms with E-state index in [9.17, 15) is 13.2 Å². The van der Waals surface area contributed by atoms with Crippen molar-refractivity contribution in [3.8, 4) is 0 Å². The van der Waals surface area contributed by atoms with Gasteiger partial charge < -0.3 is 5.32 Å². The topological polar surface area (TPSA) is 87.3 Å². The number of hydrazine groups is 1. The van der Waals surface area contributed by atoms with Crippen LogP contribution >= 0.6 is 12.2 Å². The average Bonchev–Trinajstić information content (AvgIpc) is 2.79. The summed E-state index contributed by atoms with van der Waals surface area (Å²) in [6.07, 6.45) is 0.800. The second kappa shape index (κ2) is 10.00. The van der Waals surface area contributed by atoms with Gasteiger partial charge in [0.05, 0.1) is 9.79 Å². The zero-order chi connectivity index (χ0) is 21.4. The lowest BCUT2D eigenvalue weighted by Gasteiger charge is -2.12. The van der Waals surface area contributed by atoms with E-state index in [-0.39, 0.29) is 9.79 Å². The molecule has 30 heavy (non-hydrogen) atoms. The molecule has 3 aromatic rings. The van der Waals surface area contributed by atoms with Crippen LogP contribution in [0.1, 0.15) is 15.9 Å². The van der Waals surface area contributed by atoms with Crippen LogP contribution in [-0.2, 0) is 16.3 Å². The first-order chi connectivity index (χ1) is 14.5. The molecular formula is C22H21N3O3S2. The summed E-state index contributed by atoms with van der Waals surface area (Å²) in [5.41, 5.74) is 6.63. The van der Waals surface area contributed by atoms with Gasteiger partial charge in [0, 0.05) is 12.1 Å². The highest BCUT2D eigenvalue weighted by Crippen LogP contribution is 2.20. The minimum atomic E-state index is -3.62. The van der Waals surface area contributed by atoms with Crippen LogP contribution in [0.4, 0.5) is 0 Å². The molecule has 0 aliphatic rings. The summed E-state index contributed by atoms with van der Waals surface area (Å²) in [5.74, 6) is -0.425. The fourth-order valence-corrected chi connectivity index (χ4v) is 4.15. The largest absolute Gasteiger partial charge is 0.361 e. The van der Waals surface area contributed by atoms with E-state index < -0.39 is 15.7 Å². The van der Waals surface area contributed by atoms with Crippen LogP contribution in [0.2, 0.25) is 0 Å². The second-order valence-electron chi connectivity index (χ2n) is 6.41. The normalized spacial score (nSPS) is 10.8. The predicted molar refractivity (Wildman–Crippen MR) is 120 cm³/mol. The van der Waals surface area contributed by atoms with Gasteiger partial charge in [0.15, 0.2) is 5.11 Å². The van der Waals surface area contributed by atoms with E-state index in [2.05, 4.69) is 16.2 Å². The number of hydrogen-bond donors (Lipinski definition) is 3. The fourth-order valence-electron chi connectivity index (χ4n) is 2.72. The summed E-state index contributed by atoms with van der Waals surface area (Å²) in [5, 5.41) is 3.31.